The molecule has 32 heavy (non-hydrogen) atoms. The van der Waals surface area contributed by atoms with Crippen LogP contribution in [-0.4, -0.2) is 35.7 Å². The summed E-state index contributed by atoms with van der Waals surface area (Å²) in [6.45, 7) is 5.54. The number of nitro benzene ring substituents is 1. The minimum atomic E-state index is -0.490. The first-order chi connectivity index (χ1) is 15.4. The van der Waals surface area contributed by atoms with Gasteiger partial charge < -0.3 is 5.32 Å². The molecule has 0 bridgehead atoms. The highest BCUT2D eigenvalue weighted by Crippen LogP contribution is 2.26. The summed E-state index contributed by atoms with van der Waals surface area (Å²) >= 11 is 1.15. The van der Waals surface area contributed by atoms with E-state index in [2.05, 4.69) is 22.1 Å². The van der Waals surface area contributed by atoms with Gasteiger partial charge in [0.15, 0.2) is 5.16 Å². The van der Waals surface area contributed by atoms with Gasteiger partial charge in [-0.25, -0.2) is 0 Å². The smallest absolute Gasteiger partial charge is 0.274 e. The molecule has 4 rings (SSSR count). The van der Waals surface area contributed by atoms with Crippen molar-refractivity contribution < 1.29 is 9.72 Å². The lowest BCUT2D eigenvalue weighted by Crippen LogP contribution is -2.22. The van der Waals surface area contributed by atoms with Crippen LogP contribution in [0.15, 0.2) is 65.1 Å². The fourth-order valence-electron chi connectivity index (χ4n) is 3.39. The van der Waals surface area contributed by atoms with E-state index in [0.717, 1.165) is 11.8 Å². The highest BCUT2D eigenvalue weighted by Gasteiger charge is 2.18. The van der Waals surface area contributed by atoms with Gasteiger partial charge in [-0.3, -0.25) is 28.7 Å². The predicted molar refractivity (Wildman–Crippen MR) is 122 cm³/mol. The van der Waals surface area contributed by atoms with Crippen LogP contribution in [0.2, 0.25) is 0 Å². The molecule has 1 amide bonds. The van der Waals surface area contributed by atoms with Gasteiger partial charge in [0.2, 0.25) is 11.7 Å². The Labute approximate surface area is 185 Å². The van der Waals surface area contributed by atoms with Crippen LogP contribution in [0.25, 0.3) is 16.7 Å². The van der Waals surface area contributed by atoms with Gasteiger partial charge in [0.1, 0.15) is 0 Å². The number of hydrogen-bond acceptors (Lipinski definition) is 7. The second-order valence-corrected chi connectivity index (χ2v) is 7.83. The third kappa shape index (κ3) is 3.73. The standard InChI is InChI=1S/C21H18N6O4S/c1-3-11-25-19(29)14-7-4-5-9-17(14)26-20(25)23-24-21(26)32-12-18(28)22-15-8-6-10-16(13(15)2)27(30)31/h3-10H,1,11-12H2,2H3,(H,22,28). The molecule has 0 radical (unpaired) electrons. The molecular formula is C21H18N6O4S. The maximum absolute atomic E-state index is 12.8. The molecule has 1 N–H and O–H groups in total. The fourth-order valence-corrected chi connectivity index (χ4v) is 4.13. The molecule has 2 aromatic carbocycles. The highest BCUT2D eigenvalue weighted by molar-refractivity contribution is 7.99. The quantitative estimate of drug-likeness (QED) is 0.198. The number of thioether (sulfide) groups is 1. The van der Waals surface area contributed by atoms with Crippen LogP contribution in [0.1, 0.15) is 5.56 Å². The number of hydrogen-bond donors (Lipinski definition) is 1. The molecular weight excluding hydrogens is 432 g/mol. The van der Waals surface area contributed by atoms with Crippen LogP contribution >= 0.6 is 11.8 Å². The number of anilines is 1. The molecule has 4 aromatic rings. The summed E-state index contributed by atoms with van der Waals surface area (Å²) in [6, 6.07) is 11.6. The van der Waals surface area contributed by atoms with Crippen molar-refractivity contribution in [2.24, 2.45) is 0 Å². The second kappa shape index (κ2) is 8.63. The number of carbonyl (C=O) groups is 1. The van der Waals surface area contributed by atoms with Gasteiger partial charge >= 0.3 is 0 Å². The first-order valence-electron chi connectivity index (χ1n) is 9.56. The van der Waals surface area contributed by atoms with Crippen molar-refractivity contribution >= 4 is 45.7 Å². The number of para-hydroxylation sites is 1. The zero-order chi connectivity index (χ0) is 22.8. The Bertz CT molecular complexity index is 1440. The van der Waals surface area contributed by atoms with Crippen LogP contribution in [0, 0.1) is 17.0 Å². The summed E-state index contributed by atoms with van der Waals surface area (Å²) in [5, 5.41) is 23.1. The largest absolute Gasteiger partial charge is 0.325 e. The molecule has 0 fully saturated rings. The highest BCUT2D eigenvalue weighted by atomic mass is 32.2. The van der Waals surface area contributed by atoms with Gasteiger partial charge in [-0.15, -0.1) is 16.8 Å². The first kappa shape index (κ1) is 21.2. The number of nitrogens with zero attached hydrogens (tertiary/aromatic N) is 5. The SMILES string of the molecule is C=CCn1c(=O)c2ccccc2n2c(SCC(=O)Nc3cccc([N+](=O)[O-])c3C)nnc12. The van der Waals surface area contributed by atoms with E-state index in [1.165, 1.54) is 16.7 Å². The number of rotatable bonds is 7. The number of nitrogens with one attached hydrogen (secondary N) is 1. The lowest BCUT2D eigenvalue weighted by Gasteiger charge is -2.10. The lowest BCUT2D eigenvalue weighted by molar-refractivity contribution is -0.385. The Balaban J connectivity index is 1.64. The Kier molecular flexibility index (Phi) is 5.73. The summed E-state index contributed by atoms with van der Waals surface area (Å²) in [5.74, 6) is 0.00258. The van der Waals surface area contributed by atoms with Gasteiger partial charge in [0.05, 0.1) is 32.8 Å². The minimum Gasteiger partial charge on any atom is -0.325 e. The van der Waals surface area contributed by atoms with Crippen LogP contribution in [0.5, 0.6) is 0 Å². The van der Waals surface area contributed by atoms with Crippen LogP contribution in [-0.2, 0) is 11.3 Å². The average Bonchev–Trinajstić information content (AvgIpc) is 3.20. The Hall–Kier alpha value is -3.99. The number of aromatic nitrogens is 4. The summed E-state index contributed by atoms with van der Waals surface area (Å²) in [6.07, 6.45) is 1.60. The molecule has 0 aliphatic rings. The number of fused-ring (bicyclic) bond motifs is 3. The van der Waals surface area contributed by atoms with Gasteiger partial charge in [0.25, 0.3) is 11.2 Å². The normalized spacial score (nSPS) is 11.0. The molecule has 10 nitrogen and oxygen atoms in total. The molecule has 0 aliphatic carbocycles. The van der Waals surface area contributed by atoms with Crippen molar-refractivity contribution in [1.82, 2.24) is 19.2 Å². The predicted octanol–water partition coefficient (Wildman–Crippen LogP) is 3.18. The molecule has 2 aromatic heterocycles. The maximum Gasteiger partial charge on any atom is 0.274 e. The van der Waals surface area contributed by atoms with E-state index >= 15 is 0 Å². The van der Waals surface area contributed by atoms with Gasteiger partial charge in [-0.05, 0) is 25.1 Å². The monoisotopic (exact) mass is 450 g/mol. The maximum atomic E-state index is 12.8. The van der Waals surface area contributed by atoms with Crippen molar-refractivity contribution in [3.63, 3.8) is 0 Å². The number of allylic oxidation sites excluding steroid dienone is 1. The lowest BCUT2D eigenvalue weighted by atomic mass is 10.1. The van der Waals surface area contributed by atoms with E-state index < -0.39 is 4.92 Å². The fraction of sp³-hybridized carbons (Fsp3) is 0.143. The van der Waals surface area contributed by atoms with E-state index in [9.17, 15) is 19.7 Å². The van der Waals surface area contributed by atoms with Gasteiger partial charge in [-0.2, -0.15) is 0 Å². The topological polar surface area (TPSA) is 124 Å². The zero-order valence-corrected chi connectivity index (χ0v) is 17.8. The average molecular weight is 450 g/mol. The van der Waals surface area contributed by atoms with Crippen molar-refractivity contribution in [2.75, 3.05) is 11.1 Å². The zero-order valence-electron chi connectivity index (χ0n) is 17.0. The molecule has 0 atom stereocenters. The Morgan fingerprint density at radius 3 is 2.78 bits per heavy atom. The van der Waals surface area contributed by atoms with E-state index in [1.54, 1.807) is 41.7 Å². The third-order valence-electron chi connectivity index (χ3n) is 4.90. The van der Waals surface area contributed by atoms with Crippen LogP contribution < -0.4 is 10.9 Å². The van der Waals surface area contributed by atoms with Crippen molar-refractivity contribution in [3.05, 3.63) is 81.2 Å². The van der Waals surface area contributed by atoms with Crippen LogP contribution in [0.4, 0.5) is 11.4 Å². The van der Waals surface area contributed by atoms with E-state index in [1.807, 2.05) is 6.07 Å². The molecule has 0 spiro atoms. The van der Waals surface area contributed by atoms with Crippen LogP contribution in [0.3, 0.4) is 0 Å². The van der Waals surface area contributed by atoms with E-state index in [-0.39, 0.29) is 29.5 Å². The van der Waals surface area contributed by atoms with Gasteiger partial charge in [-0.1, -0.05) is 36.0 Å². The molecule has 0 aliphatic heterocycles. The molecule has 0 saturated heterocycles. The summed E-state index contributed by atoms with van der Waals surface area (Å²) in [7, 11) is 0. The number of carbonyl (C=O) groups excluding carboxylic acids is 1. The molecule has 0 unspecified atom stereocenters. The Morgan fingerprint density at radius 1 is 1.25 bits per heavy atom. The molecule has 162 valence electrons. The minimum absolute atomic E-state index is 0.00215. The first-order valence-corrected chi connectivity index (χ1v) is 10.5. The summed E-state index contributed by atoms with van der Waals surface area (Å²) in [5.41, 5.74) is 1.13. The molecule has 0 saturated carbocycles. The molecule has 2 heterocycles. The van der Waals surface area contributed by atoms with Crippen molar-refractivity contribution in [1.29, 1.82) is 0 Å². The Morgan fingerprint density at radius 2 is 2.03 bits per heavy atom. The third-order valence-corrected chi connectivity index (χ3v) is 5.83. The number of benzene rings is 2. The molecule has 11 heteroatoms. The number of nitro groups is 1. The van der Waals surface area contributed by atoms with Crippen molar-refractivity contribution in [3.8, 4) is 0 Å². The number of amides is 1. The second-order valence-electron chi connectivity index (χ2n) is 6.88. The summed E-state index contributed by atoms with van der Waals surface area (Å²) in [4.78, 5) is 36.0. The van der Waals surface area contributed by atoms with E-state index in [0.29, 0.717) is 33.1 Å². The summed E-state index contributed by atoms with van der Waals surface area (Å²) < 4.78 is 3.20. The van der Waals surface area contributed by atoms with Gasteiger partial charge in [0, 0.05) is 12.6 Å². The van der Waals surface area contributed by atoms with Crippen molar-refractivity contribution in [2.45, 2.75) is 18.6 Å². The van der Waals surface area contributed by atoms with E-state index in [4.69, 9.17) is 0 Å².